The first-order valence-electron chi connectivity index (χ1n) is 11.4. The Bertz CT molecular complexity index is 1360. The average Bonchev–Trinajstić information content (AvgIpc) is 2.89. The number of nitrogens with one attached hydrogen (secondary N) is 3. The molecule has 0 fully saturated rings. The number of carboxylic acid groups (broad SMARTS) is 1. The van der Waals surface area contributed by atoms with Crippen molar-refractivity contribution < 1.29 is 23.1 Å². The molecule has 3 aromatic rings. The van der Waals surface area contributed by atoms with E-state index in [0.717, 1.165) is 25.2 Å². The van der Waals surface area contributed by atoms with E-state index >= 15 is 0 Å². The summed E-state index contributed by atoms with van der Waals surface area (Å²) < 4.78 is 26.5. The minimum absolute atomic E-state index is 0.0229. The van der Waals surface area contributed by atoms with Crippen LogP contribution in [0.2, 0.25) is 0 Å². The van der Waals surface area contributed by atoms with E-state index in [9.17, 15) is 23.1 Å². The van der Waals surface area contributed by atoms with Gasteiger partial charge in [0, 0.05) is 30.0 Å². The van der Waals surface area contributed by atoms with Crippen LogP contribution in [0.25, 0.3) is 0 Å². The molecule has 0 spiro atoms. The van der Waals surface area contributed by atoms with Crippen molar-refractivity contribution in [2.24, 2.45) is 4.99 Å². The minimum Gasteiger partial charge on any atom is -0.481 e. The maximum atomic E-state index is 13.2. The van der Waals surface area contributed by atoms with Gasteiger partial charge in [0.15, 0.2) is 15.8 Å². The van der Waals surface area contributed by atoms with Crippen molar-refractivity contribution in [3.8, 4) is 0 Å². The molecule has 0 aliphatic carbocycles. The van der Waals surface area contributed by atoms with Gasteiger partial charge in [-0.3, -0.25) is 14.6 Å². The fraction of sp³-hybridized carbons (Fsp3) is 0.192. The highest BCUT2D eigenvalue weighted by atomic mass is 32.2. The molecular formula is C26H26N4O5S. The Balaban J connectivity index is 1.44. The molecule has 1 atom stereocenters. The summed E-state index contributed by atoms with van der Waals surface area (Å²) in [7, 11) is -3.98. The monoisotopic (exact) mass is 506 g/mol. The average molecular weight is 507 g/mol. The van der Waals surface area contributed by atoms with Gasteiger partial charge in [0.05, 0.1) is 11.3 Å². The maximum absolute atomic E-state index is 13.2. The van der Waals surface area contributed by atoms with Crippen molar-refractivity contribution in [1.82, 2.24) is 5.32 Å². The molecule has 1 aliphatic rings. The number of aliphatic carboxylic acids is 1. The Morgan fingerprint density at radius 3 is 2.22 bits per heavy atom. The van der Waals surface area contributed by atoms with Crippen molar-refractivity contribution >= 4 is 39.0 Å². The van der Waals surface area contributed by atoms with Crippen molar-refractivity contribution in [1.29, 1.82) is 0 Å². The number of nitrogens with zero attached hydrogens (tertiary/aromatic N) is 1. The predicted molar refractivity (Wildman–Crippen MR) is 138 cm³/mol. The van der Waals surface area contributed by atoms with Gasteiger partial charge in [0.2, 0.25) is 0 Å². The Kier molecular flexibility index (Phi) is 7.65. The van der Waals surface area contributed by atoms with Gasteiger partial charge in [0.1, 0.15) is 5.25 Å². The third-order valence-electron chi connectivity index (χ3n) is 5.65. The molecule has 10 heteroatoms. The molecule has 3 aromatic carbocycles. The van der Waals surface area contributed by atoms with E-state index in [1.54, 1.807) is 54.6 Å². The molecule has 1 amide bonds. The molecule has 0 radical (unpaired) electrons. The molecule has 4 N–H and O–H groups in total. The van der Waals surface area contributed by atoms with Gasteiger partial charge in [0.25, 0.3) is 5.91 Å². The Morgan fingerprint density at radius 1 is 0.944 bits per heavy atom. The van der Waals surface area contributed by atoms with Gasteiger partial charge in [-0.2, -0.15) is 0 Å². The number of hydrogen-bond acceptors (Lipinski definition) is 7. The summed E-state index contributed by atoms with van der Waals surface area (Å²) >= 11 is 0. The Labute approximate surface area is 209 Å². The number of aliphatic imine (C=N–C) groups is 1. The predicted octanol–water partition coefficient (Wildman–Crippen LogP) is 3.69. The van der Waals surface area contributed by atoms with Crippen molar-refractivity contribution in [2.45, 2.75) is 23.0 Å². The largest absolute Gasteiger partial charge is 0.481 e. The summed E-state index contributed by atoms with van der Waals surface area (Å²) in [5.74, 6) is -0.856. The standard InChI is InChI=1S/C26H26N4O5S/c31-24(32)17-23(18-5-2-1-3-6-18)36(34,35)22-13-11-20(12-14-22)29-25(33)19-7-9-21(10-8-19)30-26-27-15-4-16-28-26/h1-3,5-14,23H,4,15-17H2,(H,29,33)(H,31,32)(H2,27,28,30). The summed E-state index contributed by atoms with van der Waals surface area (Å²) in [6.07, 6.45) is 0.437. The zero-order valence-electron chi connectivity index (χ0n) is 19.3. The normalized spacial score (nSPS) is 14.2. The van der Waals surface area contributed by atoms with Crippen LogP contribution in [0.15, 0.2) is 88.8 Å². The summed E-state index contributed by atoms with van der Waals surface area (Å²) in [6.45, 7) is 1.63. The number of anilines is 2. The Hall–Kier alpha value is -4.18. The third-order valence-corrected chi connectivity index (χ3v) is 7.77. The van der Waals surface area contributed by atoms with E-state index < -0.39 is 27.5 Å². The first-order valence-corrected chi connectivity index (χ1v) is 12.9. The number of sulfone groups is 1. The van der Waals surface area contributed by atoms with E-state index in [0.29, 0.717) is 22.8 Å². The third kappa shape index (κ3) is 6.08. The highest BCUT2D eigenvalue weighted by molar-refractivity contribution is 7.91. The van der Waals surface area contributed by atoms with Crippen LogP contribution in [0.5, 0.6) is 0 Å². The molecule has 0 saturated heterocycles. The van der Waals surface area contributed by atoms with Gasteiger partial charge in [-0.15, -0.1) is 0 Å². The van der Waals surface area contributed by atoms with Crippen molar-refractivity contribution in [3.05, 3.63) is 90.0 Å². The van der Waals surface area contributed by atoms with Crippen LogP contribution >= 0.6 is 0 Å². The molecule has 4 rings (SSSR count). The molecule has 186 valence electrons. The van der Waals surface area contributed by atoms with Crippen molar-refractivity contribution in [3.63, 3.8) is 0 Å². The van der Waals surface area contributed by atoms with Crippen LogP contribution in [0.1, 0.15) is 34.0 Å². The van der Waals surface area contributed by atoms with Crippen LogP contribution < -0.4 is 16.0 Å². The second-order valence-corrected chi connectivity index (χ2v) is 10.4. The highest BCUT2D eigenvalue weighted by Crippen LogP contribution is 2.32. The quantitative estimate of drug-likeness (QED) is 0.366. The minimum atomic E-state index is -3.98. The van der Waals surface area contributed by atoms with Crippen LogP contribution in [0, 0.1) is 0 Å². The molecule has 36 heavy (non-hydrogen) atoms. The summed E-state index contributed by atoms with van der Waals surface area (Å²) in [5.41, 5.74) is 2.04. The number of carbonyl (C=O) groups excluding carboxylic acids is 1. The summed E-state index contributed by atoms with van der Waals surface area (Å²) in [4.78, 5) is 28.4. The fourth-order valence-corrected chi connectivity index (χ4v) is 5.51. The number of rotatable bonds is 8. The number of amides is 1. The van der Waals surface area contributed by atoms with Gasteiger partial charge in [-0.25, -0.2) is 8.42 Å². The lowest BCUT2D eigenvalue weighted by molar-refractivity contribution is -0.137. The smallest absolute Gasteiger partial charge is 0.305 e. The SMILES string of the molecule is O=C(O)CC(c1ccccc1)S(=O)(=O)c1ccc(NC(=O)c2ccc(NC3=NCCCN3)cc2)cc1. The molecule has 0 saturated carbocycles. The lowest BCUT2D eigenvalue weighted by Crippen LogP contribution is -2.35. The lowest BCUT2D eigenvalue weighted by Gasteiger charge is -2.17. The van der Waals surface area contributed by atoms with Crippen LogP contribution in [0.3, 0.4) is 0 Å². The summed E-state index contributed by atoms with van der Waals surface area (Å²) in [6, 6.07) is 20.9. The molecule has 0 bridgehead atoms. The Morgan fingerprint density at radius 2 is 1.61 bits per heavy atom. The number of hydrogen-bond donors (Lipinski definition) is 4. The first-order chi connectivity index (χ1) is 17.3. The van der Waals surface area contributed by atoms with Gasteiger partial charge in [-0.05, 0) is 60.5 Å². The van der Waals surface area contributed by atoms with E-state index in [1.807, 2.05) is 0 Å². The molecule has 1 aliphatic heterocycles. The summed E-state index contributed by atoms with van der Waals surface area (Å²) in [5, 5.41) is 17.1. The number of benzene rings is 3. The van der Waals surface area contributed by atoms with Crippen molar-refractivity contribution in [2.75, 3.05) is 23.7 Å². The van der Waals surface area contributed by atoms with E-state index in [4.69, 9.17) is 0 Å². The van der Waals surface area contributed by atoms with Gasteiger partial charge >= 0.3 is 5.97 Å². The maximum Gasteiger partial charge on any atom is 0.305 e. The van der Waals surface area contributed by atoms with Gasteiger partial charge in [-0.1, -0.05) is 30.3 Å². The second kappa shape index (κ2) is 11.0. The van der Waals surface area contributed by atoms with E-state index in [1.165, 1.54) is 24.3 Å². The zero-order chi connectivity index (χ0) is 25.5. The van der Waals surface area contributed by atoms with Crippen LogP contribution in [0.4, 0.5) is 11.4 Å². The first kappa shape index (κ1) is 24.9. The second-order valence-electron chi connectivity index (χ2n) is 8.23. The van der Waals surface area contributed by atoms with Gasteiger partial charge < -0.3 is 21.1 Å². The molecule has 9 nitrogen and oxygen atoms in total. The number of carboxylic acids is 1. The fourth-order valence-electron chi connectivity index (χ4n) is 3.79. The molecule has 1 heterocycles. The number of guanidine groups is 1. The number of carbonyl (C=O) groups is 2. The van der Waals surface area contributed by atoms with Crippen LogP contribution in [-0.2, 0) is 14.6 Å². The zero-order valence-corrected chi connectivity index (χ0v) is 20.2. The highest BCUT2D eigenvalue weighted by Gasteiger charge is 2.31. The lowest BCUT2D eigenvalue weighted by atomic mass is 10.1. The van der Waals surface area contributed by atoms with E-state index in [2.05, 4.69) is 20.9 Å². The molecule has 1 unspecified atom stereocenters. The topological polar surface area (TPSA) is 137 Å². The van der Waals surface area contributed by atoms with Crippen LogP contribution in [-0.4, -0.2) is 44.4 Å². The molecular weight excluding hydrogens is 480 g/mol. The molecule has 0 aromatic heterocycles. The van der Waals surface area contributed by atoms with E-state index in [-0.39, 0.29) is 10.8 Å².